The van der Waals surface area contributed by atoms with E-state index in [1.54, 1.807) is 36.3 Å². The van der Waals surface area contributed by atoms with Gasteiger partial charge in [0, 0.05) is 18.7 Å². The largest absolute Gasteiger partial charge is 0.497 e. The van der Waals surface area contributed by atoms with Crippen LogP contribution in [0.2, 0.25) is 0 Å². The Balaban J connectivity index is 1.92. The number of piperazine rings is 1. The Morgan fingerprint density at radius 2 is 1.79 bits per heavy atom. The van der Waals surface area contributed by atoms with Crippen LogP contribution < -0.4 is 10.1 Å². The predicted molar refractivity (Wildman–Crippen MR) is 91.0 cm³/mol. The van der Waals surface area contributed by atoms with Crippen molar-refractivity contribution in [1.82, 2.24) is 10.2 Å². The van der Waals surface area contributed by atoms with Crippen LogP contribution in [-0.4, -0.2) is 36.9 Å². The molecule has 0 saturated carbocycles. The average molecular weight is 324 g/mol. The molecule has 1 saturated heterocycles. The van der Waals surface area contributed by atoms with Crippen molar-refractivity contribution in [3.63, 3.8) is 0 Å². The lowest BCUT2D eigenvalue weighted by Gasteiger charge is -2.35. The molecule has 0 spiro atoms. The van der Waals surface area contributed by atoms with Gasteiger partial charge in [0.2, 0.25) is 5.91 Å². The summed E-state index contributed by atoms with van der Waals surface area (Å²) in [6.45, 7) is 2.92. The van der Waals surface area contributed by atoms with Gasteiger partial charge in [-0.3, -0.25) is 9.59 Å². The first-order chi connectivity index (χ1) is 11.6. The molecule has 1 aliphatic rings. The topological polar surface area (TPSA) is 58.6 Å². The number of hydrogen-bond donors (Lipinski definition) is 1. The molecule has 2 aromatic carbocycles. The van der Waals surface area contributed by atoms with Crippen molar-refractivity contribution in [2.45, 2.75) is 13.0 Å². The summed E-state index contributed by atoms with van der Waals surface area (Å²) >= 11 is 0. The first-order valence-electron chi connectivity index (χ1n) is 7.89. The van der Waals surface area contributed by atoms with Crippen molar-refractivity contribution in [1.29, 1.82) is 0 Å². The van der Waals surface area contributed by atoms with Gasteiger partial charge in [-0.15, -0.1) is 0 Å². The zero-order valence-corrected chi connectivity index (χ0v) is 13.8. The highest BCUT2D eigenvalue weighted by Gasteiger charge is 2.34. The highest BCUT2D eigenvalue weighted by atomic mass is 16.5. The van der Waals surface area contributed by atoms with Gasteiger partial charge >= 0.3 is 0 Å². The molecule has 0 aromatic heterocycles. The highest BCUT2D eigenvalue weighted by Crippen LogP contribution is 2.26. The monoisotopic (exact) mass is 324 g/mol. The van der Waals surface area contributed by atoms with E-state index in [9.17, 15) is 9.59 Å². The van der Waals surface area contributed by atoms with Crippen molar-refractivity contribution in [3.05, 3.63) is 65.2 Å². The van der Waals surface area contributed by atoms with Gasteiger partial charge < -0.3 is 15.0 Å². The van der Waals surface area contributed by atoms with E-state index in [-0.39, 0.29) is 11.8 Å². The number of aryl methyl sites for hydroxylation is 1. The maximum absolute atomic E-state index is 12.9. The molecule has 1 atom stereocenters. The van der Waals surface area contributed by atoms with E-state index in [2.05, 4.69) is 5.32 Å². The van der Waals surface area contributed by atoms with Crippen molar-refractivity contribution >= 4 is 11.8 Å². The summed E-state index contributed by atoms with van der Waals surface area (Å²) in [7, 11) is 1.59. The molecule has 2 amide bonds. The molecule has 5 heteroatoms. The summed E-state index contributed by atoms with van der Waals surface area (Å²) in [6, 6.07) is 14.0. The molecule has 24 heavy (non-hydrogen) atoms. The molecular formula is C19H20N2O3. The van der Waals surface area contributed by atoms with Gasteiger partial charge in [0.25, 0.3) is 5.91 Å². The molecule has 2 aromatic rings. The third-order valence-electron chi connectivity index (χ3n) is 4.20. The Morgan fingerprint density at radius 1 is 1.12 bits per heavy atom. The zero-order chi connectivity index (χ0) is 17.1. The number of hydrogen-bond acceptors (Lipinski definition) is 3. The second kappa shape index (κ2) is 6.74. The molecule has 0 bridgehead atoms. The fourth-order valence-electron chi connectivity index (χ4n) is 2.87. The summed E-state index contributed by atoms with van der Waals surface area (Å²) in [5.41, 5.74) is 2.46. The van der Waals surface area contributed by atoms with E-state index >= 15 is 0 Å². The van der Waals surface area contributed by atoms with Crippen LogP contribution in [0.3, 0.4) is 0 Å². The summed E-state index contributed by atoms with van der Waals surface area (Å²) in [5.74, 6) is 0.420. The van der Waals surface area contributed by atoms with Crippen molar-refractivity contribution in [2.75, 3.05) is 20.2 Å². The van der Waals surface area contributed by atoms with Crippen molar-refractivity contribution in [2.24, 2.45) is 0 Å². The van der Waals surface area contributed by atoms with Crippen LogP contribution >= 0.6 is 0 Å². The fraction of sp³-hybridized carbons (Fsp3) is 0.263. The van der Waals surface area contributed by atoms with Crippen molar-refractivity contribution in [3.8, 4) is 5.75 Å². The van der Waals surface area contributed by atoms with Crippen LogP contribution in [0.25, 0.3) is 0 Å². The standard InChI is InChI=1S/C19H20N2O3/c1-13-3-5-15(6-4-13)19(23)21-12-11-20-18(22)17(21)14-7-9-16(24-2)10-8-14/h3-10,17H,11-12H2,1-2H3,(H,20,22). The van der Waals surface area contributed by atoms with Gasteiger partial charge in [0.05, 0.1) is 7.11 Å². The Labute approximate surface area is 141 Å². The Hall–Kier alpha value is -2.82. The molecular weight excluding hydrogens is 304 g/mol. The molecule has 0 aliphatic carbocycles. The van der Waals surface area contributed by atoms with Crippen LogP contribution in [-0.2, 0) is 4.79 Å². The first-order valence-corrected chi connectivity index (χ1v) is 7.89. The lowest BCUT2D eigenvalue weighted by molar-refractivity contribution is -0.128. The summed E-state index contributed by atoms with van der Waals surface area (Å²) < 4.78 is 5.16. The first kappa shape index (κ1) is 16.1. The Morgan fingerprint density at radius 3 is 2.42 bits per heavy atom. The van der Waals surface area contributed by atoms with Gasteiger partial charge in [-0.1, -0.05) is 29.8 Å². The van der Waals surface area contributed by atoms with E-state index in [1.165, 1.54) is 0 Å². The Kier molecular flexibility index (Phi) is 4.51. The zero-order valence-electron chi connectivity index (χ0n) is 13.8. The minimum Gasteiger partial charge on any atom is -0.497 e. The molecule has 124 valence electrons. The van der Waals surface area contributed by atoms with Gasteiger partial charge in [0.15, 0.2) is 0 Å². The van der Waals surface area contributed by atoms with E-state index in [1.807, 2.05) is 31.2 Å². The Bertz CT molecular complexity index is 738. The maximum atomic E-state index is 12.9. The summed E-state index contributed by atoms with van der Waals surface area (Å²) in [6.07, 6.45) is 0. The second-order valence-corrected chi connectivity index (χ2v) is 5.83. The second-order valence-electron chi connectivity index (χ2n) is 5.83. The molecule has 1 heterocycles. The van der Waals surface area contributed by atoms with Crippen LogP contribution in [0.1, 0.15) is 27.5 Å². The SMILES string of the molecule is COc1ccc(C2C(=O)NCCN2C(=O)c2ccc(C)cc2)cc1. The molecule has 0 radical (unpaired) electrons. The number of amides is 2. The van der Waals surface area contributed by atoms with Crippen LogP contribution in [0.15, 0.2) is 48.5 Å². The fourth-order valence-corrected chi connectivity index (χ4v) is 2.87. The third-order valence-corrected chi connectivity index (χ3v) is 4.20. The van der Waals surface area contributed by atoms with Crippen LogP contribution in [0.5, 0.6) is 5.75 Å². The van der Waals surface area contributed by atoms with E-state index in [0.29, 0.717) is 24.4 Å². The predicted octanol–water partition coefficient (Wildman–Crippen LogP) is 2.32. The molecule has 1 unspecified atom stereocenters. The number of benzene rings is 2. The molecule has 3 rings (SSSR count). The van der Waals surface area contributed by atoms with Gasteiger partial charge in [-0.2, -0.15) is 0 Å². The number of methoxy groups -OCH3 is 1. The van der Waals surface area contributed by atoms with E-state index in [0.717, 1.165) is 11.1 Å². The molecule has 1 N–H and O–H groups in total. The number of ether oxygens (including phenoxy) is 1. The number of nitrogens with zero attached hydrogens (tertiary/aromatic N) is 1. The smallest absolute Gasteiger partial charge is 0.254 e. The van der Waals surface area contributed by atoms with Gasteiger partial charge in [-0.05, 0) is 36.8 Å². The normalized spacial score (nSPS) is 17.3. The van der Waals surface area contributed by atoms with Crippen LogP contribution in [0, 0.1) is 6.92 Å². The minimum atomic E-state index is -0.626. The van der Waals surface area contributed by atoms with E-state index < -0.39 is 6.04 Å². The van der Waals surface area contributed by atoms with Crippen molar-refractivity contribution < 1.29 is 14.3 Å². The summed E-state index contributed by atoms with van der Waals surface area (Å²) in [4.78, 5) is 26.9. The maximum Gasteiger partial charge on any atom is 0.254 e. The van der Waals surface area contributed by atoms with Gasteiger partial charge in [-0.25, -0.2) is 0 Å². The number of rotatable bonds is 3. The molecule has 5 nitrogen and oxygen atoms in total. The number of nitrogens with one attached hydrogen (secondary N) is 1. The third kappa shape index (κ3) is 3.11. The minimum absolute atomic E-state index is 0.134. The lowest BCUT2D eigenvalue weighted by atomic mass is 10.0. The van der Waals surface area contributed by atoms with E-state index in [4.69, 9.17) is 4.74 Å². The lowest BCUT2D eigenvalue weighted by Crippen LogP contribution is -2.52. The average Bonchev–Trinajstić information content (AvgIpc) is 2.62. The molecule has 1 fully saturated rings. The van der Waals surface area contributed by atoms with Gasteiger partial charge in [0.1, 0.15) is 11.8 Å². The molecule has 1 aliphatic heterocycles. The summed E-state index contributed by atoms with van der Waals surface area (Å²) in [5, 5.41) is 2.84. The quantitative estimate of drug-likeness (QED) is 0.942. The van der Waals surface area contributed by atoms with Crippen LogP contribution in [0.4, 0.5) is 0 Å². The number of carbonyl (C=O) groups excluding carboxylic acids is 2. The number of carbonyl (C=O) groups is 2. The highest BCUT2D eigenvalue weighted by molar-refractivity contribution is 5.98.